The van der Waals surface area contributed by atoms with Gasteiger partial charge in [0.15, 0.2) is 0 Å². The molecule has 0 aliphatic carbocycles. The van der Waals surface area contributed by atoms with E-state index in [0.717, 1.165) is 50.7 Å². The average molecular weight is 278 g/mol. The molecule has 0 bridgehead atoms. The monoisotopic (exact) mass is 278 g/mol. The lowest BCUT2D eigenvalue weighted by molar-refractivity contribution is 0.550. The van der Waals surface area contributed by atoms with E-state index in [1.165, 1.54) is 5.56 Å². The van der Waals surface area contributed by atoms with Crippen molar-refractivity contribution in [2.75, 3.05) is 24.5 Å². The molecule has 0 aliphatic heterocycles. The summed E-state index contributed by atoms with van der Waals surface area (Å²) in [6.07, 6.45) is 4.23. The van der Waals surface area contributed by atoms with E-state index in [4.69, 9.17) is 0 Å². The van der Waals surface area contributed by atoms with Crippen LogP contribution in [0, 0.1) is 12.8 Å². The van der Waals surface area contributed by atoms with Gasteiger partial charge in [-0.2, -0.15) is 0 Å². The summed E-state index contributed by atoms with van der Waals surface area (Å²) in [5.41, 5.74) is 2.28. The van der Waals surface area contributed by atoms with E-state index < -0.39 is 0 Å². The van der Waals surface area contributed by atoms with Gasteiger partial charge in [0.2, 0.25) is 5.95 Å². The van der Waals surface area contributed by atoms with Crippen molar-refractivity contribution in [3.63, 3.8) is 0 Å². The van der Waals surface area contributed by atoms with E-state index in [0.29, 0.717) is 5.92 Å². The fourth-order valence-electron chi connectivity index (χ4n) is 2.15. The number of aromatic nitrogens is 2. The van der Waals surface area contributed by atoms with Crippen molar-refractivity contribution in [3.8, 4) is 0 Å². The summed E-state index contributed by atoms with van der Waals surface area (Å²) in [4.78, 5) is 11.5. The van der Waals surface area contributed by atoms with Gasteiger partial charge in [-0.15, -0.1) is 0 Å². The van der Waals surface area contributed by atoms with Gasteiger partial charge in [-0.3, -0.25) is 0 Å². The average Bonchev–Trinajstić information content (AvgIpc) is 2.40. The molecule has 114 valence electrons. The standard InChI is InChI=1S/C16H30N4/c1-6-8-20(9-7-2)16-18-12-15(14(5)19-16)11-17-10-13(3)4/h12-13,17H,6-11H2,1-5H3. The van der Waals surface area contributed by atoms with Gasteiger partial charge in [0.25, 0.3) is 0 Å². The summed E-state index contributed by atoms with van der Waals surface area (Å²) >= 11 is 0. The van der Waals surface area contributed by atoms with Crippen molar-refractivity contribution in [3.05, 3.63) is 17.5 Å². The second-order valence-corrected chi connectivity index (χ2v) is 5.79. The minimum absolute atomic E-state index is 0.667. The highest BCUT2D eigenvalue weighted by atomic mass is 15.2. The maximum Gasteiger partial charge on any atom is 0.225 e. The fourth-order valence-corrected chi connectivity index (χ4v) is 2.15. The molecule has 1 N–H and O–H groups in total. The highest BCUT2D eigenvalue weighted by Crippen LogP contribution is 2.12. The third kappa shape index (κ3) is 5.45. The Morgan fingerprint density at radius 3 is 2.35 bits per heavy atom. The van der Waals surface area contributed by atoms with Crippen LogP contribution in [-0.2, 0) is 6.54 Å². The molecule has 4 nitrogen and oxygen atoms in total. The lowest BCUT2D eigenvalue weighted by Gasteiger charge is -2.22. The maximum atomic E-state index is 4.68. The van der Waals surface area contributed by atoms with Gasteiger partial charge in [-0.25, -0.2) is 9.97 Å². The predicted octanol–water partition coefficient (Wildman–Crippen LogP) is 3.16. The molecule has 1 aromatic rings. The zero-order valence-corrected chi connectivity index (χ0v) is 13.7. The molecule has 1 rings (SSSR count). The van der Waals surface area contributed by atoms with Crippen LogP contribution < -0.4 is 10.2 Å². The highest BCUT2D eigenvalue weighted by molar-refractivity contribution is 5.32. The SMILES string of the molecule is CCCN(CCC)c1ncc(CNCC(C)C)c(C)n1. The summed E-state index contributed by atoms with van der Waals surface area (Å²) in [6.45, 7) is 14.8. The summed E-state index contributed by atoms with van der Waals surface area (Å²) < 4.78 is 0. The third-order valence-corrected chi connectivity index (χ3v) is 3.21. The molecule has 4 heteroatoms. The quantitative estimate of drug-likeness (QED) is 0.753. The van der Waals surface area contributed by atoms with E-state index in [1.807, 2.05) is 6.20 Å². The molecule has 0 unspecified atom stereocenters. The number of nitrogens with zero attached hydrogens (tertiary/aromatic N) is 3. The van der Waals surface area contributed by atoms with E-state index in [2.05, 4.69) is 54.8 Å². The molecular formula is C16H30N4. The summed E-state index contributed by atoms with van der Waals surface area (Å²) in [6, 6.07) is 0. The Bertz CT molecular complexity index is 384. The Kier molecular flexibility index (Phi) is 7.52. The number of anilines is 1. The van der Waals surface area contributed by atoms with Gasteiger partial charge in [-0.05, 0) is 32.2 Å². The second-order valence-electron chi connectivity index (χ2n) is 5.79. The molecule has 0 fully saturated rings. The van der Waals surface area contributed by atoms with Crippen LogP contribution in [0.4, 0.5) is 5.95 Å². The van der Waals surface area contributed by atoms with Crippen LogP contribution in [0.5, 0.6) is 0 Å². The molecule has 0 radical (unpaired) electrons. The van der Waals surface area contributed by atoms with Crippen molar-refractivity contribution in [1.82, 2.24) is 15.3 Å². The number of aryl methyl sites for hydroxylation is 1. The largest absolute Gasteiger partial charge is 0.341 e. The van der Waals surface area contributed by atoms with Crippen molar-refractivity contribution in [2.45, 2.75) is 54.0 Å². The lowest BCUT2D eigenvalue weighted by atomic mass is 10.2. The molecule has 0 amide bonds. The van der Waals surface area contributed by atoms with Crippen LogP contribution in [-0.4, -0.2) is 29.6 Å². The fraction of sp³-hybridized carbons (Fsp3) is 0.750. The highest BCUT2D eigenvalue weighted by Gasteiger charge is 2.10. The molecule has 0 aliphatic rings. The van der Waals surface area contributed by atoms with Crippen molar-refractivity contribution >= 4 is 5.95 Å². The van der Waals surface area contributed by atoms with Crippen LogP contribution >= 0.6 is 0 Å². The normalized spacial score (nSPS) is 11.1. The molecule has 1 aromatic heterocycles. The first-order valence-electron chi connectivity index (χ1n) is 7.86. The zero-order chi connectivity index (χ0) is 15.0. The molecule has 0 atom stereocenters. The second kappa shape index (κ2) is 8.90. The van der Waals surface area contributed by atoms with E-state index in [-0.39, 0.29) is 0 Å². The Hall–Kier alpha value is -1.16. The minimum Gasteiger partial charge on any atom is -0.341 e. The molecule has 0 spiro atoms. The van der Waals surface area contributed by atoms with Gasteiger partial charge in [0, 0.05) is 37.1 Å². The number of nitrogens with one attached hydrogen (secondary N) is 1. The van der Waals surface area contributed by atoms with E-state index in [1.54, 1.807) is 0 Å². The van der Waals surface area contributed by atoms with Crippen LogP contribution in [0.1, 0.15) is 51.8 Å². The Morgan fingerprint density at radius 2 is 1.85 bits per heavy atom. The molecule has 0 saturated carbocycles. The summed E-state index contributed by atoms with van der Waals surface area (Å²) in [5.74, 6) is 1.54. The lowest BCUT2D eigenvalue weighted by Crippen LogP contribution is -2.27. The van der Waals surface area contributed by atoms with Crippen LogP contribution in [0.15, 0.2) is 6.20 Å². The molecule has 1 heterocycles. The first-order valence-corrected chi connectivity index (χ1v) is 7.86. The molecule has 0 aromatic carbocycles. The van der Waals surface area contributed by atoms with E-state index >= 15 is 0 Å². The van der Waals surface area contributed by atoms with Crippen LogP contribution in [0.3, 0.4) is 0 Å². The first kappa shape index (κ1) is 16.9. The van der Waals surface area contributed by atoms with Crippen LogP contribution in [0.25, 0.3) is 0 Å². The molecule has 0 saturated heterocycles. The Morgan fingerprint density at radius 1 is 1.20 bits per heavy atom. The van der Waals surface area contributed by atoms with E-state index in [9.17, 15) is 0 Å². The summed E-state index contributed by atoms with van der Waals surface area (Å²) in [7, 11) is 0. The topological polar surface area (TPSA) is 41.1 Å². The van der Waals surface area contributed by atoms with Gasteiger partial charge in [0.05, 0.1) is 0 Å². The van der Waals surface area contributed by atoms with Crippen molar-refractivity contribution in [2.24, 2.45) is 5.92 Å². The van der Waals surface area contributed by atoms with Gasteiger partial charge >= 0.3 is 0 Å². The Labute approximate surface area is 124 Å². The van der Waals surface area contributed by atoms with Crippen molar-refractivity contribution < 1.29 is 0 Å². The smallest absolute Gasteiger partial charge is 0.225 e. The van der Waals surface area contributed by atoms with Gasteiger partial charge in [-0.1, -0.05) is 27.7 Å². The molecular weight excluding hydrogens is 248 g/mol. The maximum absolute atomic E-state index is 4.68. The molecule has 20 heavy (non-hydrogen) atoms. The first-order chi connectivity index (χ1) is 9.58. The number of rotatable bonds is 9. The zero-order valence-electron chi connectivity index (χ0n) is 13.7. The number of hydrogen-bond acceptors (Lipinski definition) is 4. The summed E-state index contributed by atoms with van der Waals surface area (Å²) in [5, 5.41) is 3.45. The van der Waals surface area contributed by atoms with Crippen LogP contribution in [0.2, 0.25) is 0 Å². The number of hydrogen-bond donors (Lipinski definition) is 1. The Balaban J connectivity index is 2.70. The van der Waals surface area contributed by atoms with Gasteiger partial charge < -0.3 is 10.2 Å². The minimum atomic E-state index is 0.667. The van der Waals surface area contributed by atoms with Crippen molar-refractivity contribution in [1.29, 1.82) is 0 Å². The third-order valence-electron chi connectivity index (χ3n) is 3.21. The van der Waals surface area contributed by atoms with Gasteiger partial charge in [0.1, 0.15) is 0 Å². The predicted molar refractivity (Wildman–Crippen MR) is 86.1 cm³/mol.